The highest BCUT2D eigenvalue weighted by Gasteiger charge is 2.46. The topological polar surface area (TPSA) is 72.3 Å². The number of hydrogen-bond donors (Lipinski definition) is 0. The largest absolute Gasteiger partial charge is 0.341 e. The summed E-state index contributed by atoms with van der Waals surface area (Å²) in [5.74, 6) is 1.02. The molecule has 1 saturated carbocycles. The maximum atomic E-state index is 13.1. The van der Waals surface area contributed by atoms with E-state index in [1.807, 2.05) is 29.2 Å². The van der Waals surface area contributed by atoms with Crippen LogP contribution in [-0.4, -0.2) is 48.1 Å². The predicted molar refractivity (Wildman–Crippen MR) is 105 cm³/mol. The third-order valence-corrected chi connectivity index (χ3v) is 7.29. The van der Waals surface area contributed by atoms with Gasteiger partial charge in [0.25, 0.3) is 0 Å². The molecule has 0 radical (unpaired) electrons. The van der Waals surface area contributed by atoms with E-state index >= 15 is 0 Å². The highest BCUT2D eigenvalue weighted by molar-refractivity contribution is 7.89. The third kappa shape index (κ3) is 3.49. The van der Waals surface area contributed by atoms with Gasteiger partial charge in [0.05, 0.1) is 11.0 Å². The number of fused-ring (bicyclic) bond motifs is 1. The van der Waals surface area contributed by atoms with Crippen molar-refractivity contribution in [2.45, 2.75) is 44.9 Å². The number of hydrogen-bond acceptors (Lipinski definition) is 4. The fraction of sp³-hybridized carbons (Fsp3) is 0.600. The Hall–Kier alpha value is -1.89. The van der Waals surface area contributed by atoms with Crippen molar-refractivity contribution in [3.63, 3.8) is 0 Å². The van der Waals surface area contributed by atoms with Crippen molar-refractivity contribution in [3.05, 3.63) is 30.1 Å². The minimum Gasteiger partial charge on any atom is -0.341 e. The maximum Gasteiger partial charge on any atom is 0.242 e. The summed E-state index contributed by atoms with van der Waals surface area (Å²) < 4.78 is 25.5. The average molecular weight is 390 g/mol. The summed E-state index contributed by atoms with van der Waals surface area (Å²) in [4.78, 5) is 19.6. The van der Waals surface area contributed by atoms with Crippen molar-refractivity contribution in [1.82, 2.24) is 14.5 Å². The van der Waals surface area contributed by atoms with E-state index in [-0.39, 0.29) is 18.2 Å². The number of likely N-dealkylation sites (tertiary alicyclic amines) is 1. The lowest BCUT2D eigenvalue weighted by Gasteiger charge is -2.53. The molecule has 2 aliphatic rings. The predicted octanol–water partition coefficient (Wildman–Crippen LogP) is 2.62. The Morgan fingerprint density at radius 3 is 2.70 bits per heavy atom. The van der Waals surface area contributed by atoms with Crippen molar-refractivity contribution in [3.8, 4) is 0 Å². The van der Waals surface area contributed by atoms with Crippen LogP contribution in [0.5, 0.6) is 0 Å². The first-order chi connectivity index (χ1) is 12.8. The van der Waals surface area contributed by atoms with Crippen molar-refractivity contribution < 1.29 is 13.2 Å². The zero-order chi connectivity index (χ0) is 19.2. The quantitative estimate of drug-likeness (QED) is 0.806. The van der Waals surface area contributed by atoms with Crippen LogP contribution < -0.4 is 0 Å². The number of piperidine rings is 1. The summed E-state index contributed by atoms with van der Waals surface area (Å²) in [5.41, 5.74) is 1.85. The first-order valence-electron chi connectivity index (χ1n) is 9.67. The molecule has 1 unspecified atom stereocenters. The van der Waals surface area contributed by atoms with Crippen LogP contribution >= 0.6 is 0 Å². The van der Waals surface area contributed by atoms with E-state index in [1.54, 1.807) is 4.57 Å². The van der Waals surface area contributed by atoms with Crippen LogP contribution in [0.4, 0.5) is 0 Å². The Labute approximate surface area is 160 Å². The number of carbonyl (C=O) groups is 1. The van der Waals surface area contributed by atoms with E-state index in [2.05, 4.69) is 11.9 Å². The van der Waals surface area contributed by atoms with Gasteiger partial charge >= 0.3 is 0 Å². The number of para-hydroxylation sites is 2. The number of rotatable bonds is 4. The molecule has 1 atom stereocenters. The summed E-state index contributed by atoms with van der Waals surface area (Å²) in [6.07, 6.45) is 5.94. The second-order valence-corrected chi connectivity index (χ2v) is 10.5. The summed E-state index contributed by atoms with van der Waals surface area (Å²) in [6, 6.07) is 7.51. The minimum atomic E-state index is -3.24. The van der Waals surface area contributed by atoms with E-state index < -0.39 is 9.84 Å². The van der Waals surface area contributed by atoms with E-state index in [0.717, 1.165) is 30.5 Å². The molecule has 6 nitrogen and oxygen atoms in total. The van der Waals surface area contributed by atoms with Crippen LogP contribution in [0, 0.1) is 11.3 Å². The van der Waals surface area contributed by atoms with Crippen molar-refractivity contribution in [1.29, 1.82) is 0 Å². The Morgan fingerprint density at radius 1 is 1.30 bits per heavy atom. The number of imidazole rings is 1. The molecule has 1 amide bonds. The molecule has 146 valence electrons. The highest BCUT2D eigenvalue weighted by Crippen LogP contribution is 2.50. The number of benzene rings is 1. The second kappa shape index (κ2) is 6.62. The molecular formula is C20H27N3O3S. The lowest BCUT2D eigenvalue weighted by molar-refractivity contribution is -0.139. The molecule has 7 heteroatoms. The Balaban J connectivity index is 1.61. The SMILES string of the molecule is CC1CCN(C(=O)Cn2c(CS(C)(=O)=O)nc3ccccc32)CC12CCC2. The van der Waals surface area contributed by atoms with Crippen LogP contribution in [0.15, 0.2) is 24.3 Å². The van der Waals surface area contributed by atoms with Crippen molar-refractivity contribution >= 4 is 26.8 Å². The van der Waals surface area contributed by atoms with Crippen LogP contribution in [0.3, 0.4) is 0 Å². The van der Waals surface area contributed by atoms with Gasteiger partial charge in [0.2, 0.25) is 5.91 Å². The Bertz CT molecular complexity index is 976. The number of aromatic nitrogens is 2. The molecule has 2 heterocycles. The van der Waals surface area contributed by atoms with Gasteiger partial charge in [0, 0.05) is 19.3 Å². The molecule has 1 saturated heterocycles. The molecule has 2 aromatic rings. The van der Waals surface area contributed by atoms with Crippen LogP contribution in [-0.2, 0) is 26.9 Å². The molecule has 27 heavy (non-hydrogen) atoms. The zero-order valence-corrected chi connectivity index (χ0v) is 16.8. The lowest BCUT2D eigenvalue weighted by Crippen LogP contribution is -2.53. The lowest BCUT2D eigenvalue weighted by atomic mass is 9.59. The number of amides is 1. The van der Waals surface area contributed by atoms with E-state index in [4.69, 9.17) is 0 Å². The van der Waals surface area contributed by atoms with Gasteiger partial charge in [-0.05, 0) is 42.7 Å². The fourth-order valence-corrected chi connectivity index (χ4v) is 5.34. The fourth-order valence-electron chi connectivity index (χ4n) is 4.65. The van der Waals surface area contributed by atoms with Gasteiger partial charge < -0.3 is 9.47 Å². The van der Waals surface area contributed by atoms with Gasteiger partial charge in [0.15, 0.2) is 9.84 Å². The second-order valence-electron chi connectivity index (χ2n) is 8.39. The summed E-state index contributed by atoms with van der Waals surface area (Å²) in [7, 11) is -3.24. The van der Waals surface area contributed by atoms with E-state index in [0.29, 0.717) is 17.2 Å². The summed E-state index contributed by atoms with van der Waals surface area (Å²) in [6.45, 7) is 4.08. The van der Waals surface area contributed by atoms with Gasteiger partial charge in [0.1, 0.15) is 18.1 Å². The standard InChI is InChI=1S/C20H27N3O3S/c1-15-8-11-22(14-20(15)9-5-10-20)19(24)12-23-17-7-4-3-6-16(17)21-18(23)13-27(2,25)26/h3-4,6-7,15H,5,8-14H2,1-2H3. The summed E-state index contributed by atoms with van der Waals surface area (Å²) in [5, 5.41) is 0. The van der Waals surface area contributed by atoms with E-state index in [1.165, 1.54) is 25.5 Å². The first-order valence-corrected chi connectivity index (χ1v) is 11.7. The zero-order valence-electron chi connectivity index (χ0n) is 16.0. The van der Waals surface area contributed by atoms with Crippen LogP contribution in [0.1, 0.15) is 38.4 Å². The smallest absolute Gasteiger partial charge is 0.242 e. The van der Waals surface area contributed by atoms with Gasteiger partial charge in [-0.1, -0.05) is 25.5 Å². The molecule has 0 bridgehead atoms. The number of carbonyl (C=O) groups excluding carboxylic acids is 1. The normalized spacial score (nSPS) is 22.1. The Kier molecular flexibility index (Phi) is 4.53. The molecule has 0 N–H and O–H groups in total. The molecule has 2 fully saturated rings. The molecule has 1 aliphatic heterocycles. The van der Waals surface area contributed by atoms with Gasteiger partial charge in [-0.2, -0.15) is 0 Å². The van der Waals surface area contributed by atoms with Gasteiger partial charge in [-0.25, -0.2) is 13.4 Å². The third-order valence-electron chi connectivity index (χ3n) is 6.50. The maximum absolute atomic E-state index is 13.1. The van der Waals surface area contributed by atoms with Gasteiger partial charge in [-0.3, -0.25) is 4.79 Å². The average Bonchev–Trinajstić information content (AvgIpc) is 2.89. The van der Waals surface area contributed by atoms with Crippen molar-refractivity contribution in [2.75, 3.05) is 19.3 Å². The molecule has 1 aliphatic carbocycles. The first kappa shape index (κ1) is 18.5. The number of nitrogens with zero attached hydrogens (tertiary/aromatic N) is 3. The Morgan fingerprint density at radius 2 is 2.04 bits per heavy atom. The van der Waals surface area contributed by atoms with E-state index in [9.17, 15) is 13.2 Å². The highest BCUT2D eigenvalue weighted by atomic mass is 32.2. The summed E-state index contributed by atoms with van der Waals surface area (Å²) >= 11 is 0. The molecular weight excluding hydrogens is 362 g/mol. The van der Waals surface area contributed by atoms with Crippen LogP contribution in [0.25, 0.3) is 11.0 Å². The minimum absolute atomic E-state index is 0.0612. The molecule has 4 rings (SSSR count). The van der Waals surface area contributed by atoms with Gasteiger partial charge in [-0.15, -0.1) is 0 Å². The number of sulfone groups is 1. The molecule has 1 aromatic carbocycles. The van der Waals surface area contributed by atoms with Crippen LogP contribution in [0.2, 0.25) is 0 Å². The monoisotopic (exact) mass is 389 g/mol. The molecule has 1 aromatic heterocycles. The molecule has 1 spiro atoms. The van der Waals surface area contributed by atoms with Crippen molar-refractivity contribution in [2.24, 2.45) is 11.3 Å².